The highest BCUT2D eigenvalue weighted by atomic mass is 32.2. The lowest BCUT2D eigenvalue weighted by Crippen LogP contribution is -2.23. The number of nitrogens with zero attached hydrogens (tertiary/aromatic N) is 6. The lowest BCUT2D eigenvalue weighted by molar-refractivity contribution is -0.387. The number of hydrogen-bond acceptors (Lipinski definition) is 8. The van der Waals surface area contributed by atoms with E-state index in [9.17, 15) is 14.9 Å². The van der Waals surface area contributed by atoms with Crippen molar-refractivity contribution in [2.24, 2.45) is 19.2 Å². The van der Waals surface area contributed by atoms with Gasteiger partial charge >= 0.3 is 0 Å². The standard InChI is InChI=1S/C18H15N7O3S2/c1-23-10-19-21-17(23)29-15-8-7-11(9-13(15)25(27)28)16(26)20-22-18-24(2)12-5-3-4-6-14(12)30-18/h3-10H,1-2H3,(H,20,26)/b22-18-. The molecule has 0 aliphatic carbocycles. The molecule has 2 aromatic carbocycles. The van der Waals surface area contributed by atoms with Crippen molar-refractivity contribution >= 4 is 44.9 Å². The Morgan fingerprint density at radius 3 is 2.77 bits per heavy atom. The number of rotatable bonds is 5. The molecule has 4 aromatic rings. The second-order valence-corrected chi connectivity index (χ2v) is 8.25. The Kier molecular flexibility index (Phi) is 5.33. The Bertz CT molecular complexity index is 1340. The molecule has 2 heterocycles. The third kappa shape index (κ3) is 3.82. The zero-order valence-electron chi connectivity index (χ0n) is 15.8. The van der Waals surface area contributed by atoms with E-state index in [1.165, 1.54) is 35.9 Å². The maximum atomic E-state index is 12.5. The molecule has 10 nitrogen and oxygen atoms in total. The number of nitrogens with one attached hydrogen (secondary N) is 1. The molecule has 0 saturated heterocycles. The number of fused-ring (bicyclic) bond motifs is 1. The highest BCUT2D eigenvalue weighted by molar-refractivity contribution is 7.99. The molecule has 0 radical (unpaired) electrons. The highest BCUT2D eigenvalue weighted by Gasteiger charge is 2.20. The molecule has 30 heavy (non-hydrogen) atoms. The minimum atomic E-state index is -0.536. The predicted octanol–water partition coefficient (Wildman–Crippen LogP) is 2.67. The second kappa shape index (κ2) is 8.08. The maximum absolute atomic E-state index is 12.5. The third-order valence-electron chi connectivity index (χ3n) is 4.26. The van der Waals surface area contributed by atoms with Crippen LogP contribution >= 0.6 is 23.1 Å². The molecule has 0 aliphatic heterocycles. The summed E-state index contributed by atoms with van der Waals surface area (Å²) in [5.74, 6) is -0.536. The largest absolute Gasteiger partial charge is 0.318 e. The summed E-state index contributed by atoms with van der Waals surface area (Å²) in [6, 6.07) is 12.1. The molecule has 0 saturated carbocycles. The number of carbonyl (C=O) groups is 1. The van der Waals surface area contributed by atoms with Crippen LogP contribution in [-0.4, -0.2) is 30.2 Å². The average Bonchev–Trinajstić information content (AvgIpc) is 3.29. The molecule has 0 atom stereocenters. The van der Waals surface area contributed by atoms with Crippen LogP contribution in [0, 0.1) is 10.1 Å². The van der Waals surface area contributed by atoms with Gasteiger partial charge in [0.2, 0.25) is 4.80 Å². The fourth-order valence-electron chi connectivity index (χ4n) is 2.70. The van der Waals surface area contributed by atoms with Crippen LogP contribution in [0.4, 0.5) is 5.69 Å². The number of amides is 1. The van der Waals surface area contributed by atoms with Gasteiger partial charge in [0.1, 0.15) is 6.33 Å². The molecule has 0 spiro atoms. The number of aryl methyl sites for hydroxylation is 2. The summed E-state index contributed by atoms with van der Waals surface area (Å²) in [5, 5.41) is 23.9. The van der Waals surface area contributed by atoms with Gasteiger partial charge < -0.3 is 9.13 Å². The van der Waals surface area contributed by atoms with Crippen LogP contribution in [0.5, 0.6) is 0 Å². The Morgan fingerprint density at radius 2 is 2.07 bits per heavy atom. The Balaban J connectivity index is 1.61. The van der Waals surface area contributed by atoms with E-state index in [2.05, 4.69) is 20.7 Å². The molecule has 0 unspecified atom stereocenters. The summed E-state index contributed by atoms with van der Waals surface area (Å²) in [4.78, 5) is 24.5. The minimum Gasteiger partial charge on any atom is -0.318 e. The second-order valence-electron chi connectivity index (χ2n) is 6.23. The van der Waals surface area contributed by atoms with Crippen molar-refractivity contribution in [3.05, 3.63) is 69.3 Å². The number of para-hydroxylation sites is 1. The first kappa shape index (κ1) is 19.8. The van der Waals surface area contributed by atoms with E-state index in [4.69, 9.17) is 0 Å². The van der Waals surface area contributed by atoms with Gasteiger partial charge in [-0.05, 0) is 36.0 Å². The predicted molar refractivity (Wildman–Crippen MR) is 112 cm³/mol. The Labute approximate surface area is 178 Å². The fourth-order valence-corrected chi connectivity index (χ4v) is 4.53. The Hall–Kier alpha value is -3.51. The molecule has 1 N–H and O–H groups in total. The van der Waals surface area contributed by atoms with Crippen molar-refractivity contribution in [3.63, 3.8) is 0 Å². The summed E-state index contributed by atoms with van der Waals surface area (Å²) < 4.78 is 4.55. The van der Waals surface area contributed by atoms with Crippen LogP contribution in [0.25, 0.3) is 10.2 Å². The van der Waals surface area contributed by atoms with Gasteiger partial charge in [-0.15, -0.1) is 15.3 Å². The van der Waals surface area contributed by atoms with Crippen LogP contribution in [0.1, 0.15) is 10.4 Å². The minimum absolute atomic E-state index is 0.136. The first-order valence-electron chi connectivity index (χ1n) is 8.63. The topological polar surface area (TPSA) is 120 Å². The monoisotopic (exact) mass is 441 g/mol. The van der Waals surface area contributed by atoms with Crippen LogP contribution < -0.4 is 10.2 Å². The van der Waals surface area contributed by atoms with Crippen molar-refractivity contribution in [3.8, 4) is 0 Å². The van der Waals surface area contributed by atoms with E-state index in [1.54, 1.807) is 11.6 Å². The summed E-state index contributed by atoms with van der Waals surface area (Å²) in [6.07, 6.45) is 1.51. The van der Waals surface area contributed by atoms with E-state index in [1.807, 2.05) is 35.9 Å². The molecular weight excluding hydrogens is 426 g/mol. The number of benzene rings is 2. The van der Waals surface area contributed by atoms with Crippen molar-refractivity contribution < 1.29 is 9.72 Å². The van der Waals surface area contributed by atoms with E-state index >= 15 is 0 Å². The smallest absolute Gasteiger partial charge is 0.284 e. The summed E-state index contributed by atoms with van der Waals surface area (Å²) in [7, 11) is 3.60. The zero-order valence-corrected chi connectivity index (χ0v) is 17.5. The van der Waals surface area contributed by atoms with E-state index in [0.29, 0.717) is 14.9 Å². The van der Waals surface area contributed by atoms with E-state index < -0.39 is 10.8 Å². The van der Waals surface area contributed by atoms with Gasteiger partial charge in [-0.2, -0.15) is 0 Å². The summed E-state index contributed by atoms with van der Waals surface area (Å²) in [5.41, 5.74) is 3.42. The number of carbonyl (C=O) groups excluding carboxylic acids is 1. The molecule has 4 rings (SSSR count). The third-order valence-corrected chi connectivity index (χ3v) is 6.49. The molecule has 1 amide bonds. The van der Waals surface area contributed by atoms with Gasteiger partial charge in [0.25, 0.3) is 11.6 Å². The first-order valence-corrected chi connectivity index (χ1v) is 10.3. The number of nitro groups is 1. The molecule has 0 bridgehead atoms. The first-order chi connectivity index (χ1) is 14.4. The van der Waals surface area contributed by atoms with E-state index in [-0.39, 0.29) is 11.3 Å². The summed E-state index contributed by atoms with van der Waals surface area (Å²) >= 11 is 2.53. The average molecular weight is 441 g/mol. The molecule has 2 aromatic heterocycles. The quantitative estimate of drug-likeness (QED) is 0.375. The number of aromatic nitrogens is 4. The molecule has 152 valence electrons. The van der Waals surface area contributed by atoms with Crippen LogP contribution in [0.2, 0.25) is 0 Å². The molecule has 12 heteroatoms. The number of hydrogen-bond donors (Lipinski definition) is 1. The zero-order chi connectivity index (χ0) is 21.3. The molecule has 0 fully saturated rings. The normalized spacial score (nSPS) is 11.7. The van der Waals surface area contributed by atoms with Gasteiger partial charge in [-0.1, -0.05) is 23.5 Å². The van der Waals surface area contributed by atoms with Gasteiger partial charge in [0, 0.05) is 25.7 Å². The van der Waals surface area contributed by atoms with Crippen molar-refractivity contribution in [1.29, 1.82) is 0 Å². The van der Waals surface area contributed by atoms with E-state index in [0.717, 1.165) is 22.0 Å². The highest BCUT2D eigenvalue weighted by Crippen LogP contribution is 2.34. The van der Waals surface area contributed by atoms with Gasteiger partial charge in [-0.25, -0.2) is 5.43 Å². The van der Waals surface area contributed by atoms with Crippen LogP contribution in [0.15, 0.2) is 63.9 Å². The SMILES string of the molecule is Cn1cnnc1Sc1ccc(C(=O)N/N=c2\sc3ccccc3n2C)cc1[N+](=O)[O-]. The van der Waals surface area contributed by atoms with Gasteiger partial charge in [0.05, 0.1) is 20.0 Å². The summed E-state index contributed by atoms with van der Waals surface area (Å²) in [6.45, 7) is 0. The van der Waals surface area contributed by atoms with Crippen molar-refractivity contribution in [1.82, 2.24) is 24.8 Å². The number of thiazole rings is 1. The van der Waals surface area contributed by atoms with Crippen LogP contribution in [-0.2, 0) is 14.1 Å². The Morgan fingerprint density at radius 1 is 1.27 bits per heavy atom. The molecule has 0 aliphatic rings. The van der Waals surface area contributed by atoms with Gasteiger partial charge in [0.15, 0.2) is 5.16 Å². The molecular formula is C18H15N7O3S2. The number of nitro benzene ring substituents is 1. The lowest BCUT2D eigenvalue weighted by atomic mass is 10.2. The van der Waals surface area contributed by atoms with Crippen molar-refractivity contribution in [2.75, 3.05) is 0 Å². The lowest BCUT2D eigenvalue weighted by Gasteiger charge is -2.05. The van der Waals surface area contributed by atoms with Crippen molar-refractivity contribution in [2.45, 2.75) is 10.1 Å². The maximum Gasteiger partial charge on any atom is 0.284 e. The van der Waals surface area contributed by atoms with Crippen LogP contribution in [0.3, 0.4) is 0 Å². The van der Waals surface area contributed by atoms with Gasteiger partial charge in [-0.3, -0.25) is 14.9 Å². The fraction of sp³-hybridized carbons (Fsp3) is 0.111.